The molecule has 9 heteroatoms. The predicted octanol–water partition coefficient (Wildman–Crippen LogP) is 4.79. The number of hydrogen-bond acceptors (Lipinski definition) is 9. The van der Waals surface area contributed by atoms with Gasteiger partial charge in [-0.25, -0.2) is 0 Å². The highest BCUT2D eigenvalue weighted by Gasteiger charge is 2.76. The second-order valence-corrected chi connectivity index (χ2v) is 15.3. The number of aromatic hydroxyl groups is 1. The van der Waals surface area contributed by atoms with Crippen LogP contribution in [-0.2, 0) is 31.0 Å². The molecule has 4 aliphatic rings. The van der Waals surface area contributed by atoms with Gasteiger partial charge in [-0.15, -0.1) is 0 Å². The number of phenolic OH excluding ortho intramolecular Hbond substituents is 1. The Labute approximate surface area is 262 Å². The van der Waals surface area contributed by atoms with Crippen LogP contribution >= 0.6 is 0 Å². The number of rotatable bonds is 3. The first-order valence-electron chi connectivity index (χ1n) is 15.5. The normalized spacial score (nSPS) is 32.4. The topological polar surface area (TPSA) is 144 Å². The van der Waals surface area contributed by atoms with Gasteiger partial charge in [0.15, 0.2) is 40.2 Å². The van der Waals surface area contributed by atoms with Crippen molar-refractivity contribution in [1.82, 2.24) is 0 Å². The van der Waals surface area contributed by atoms with Gasteiger partial charge in [0.2, 0.25) is 6.79 Å². The lowest BCUT2D eigenvalue weighted by Crippen LogP contribution is -2.76. The fraction of sp³-hybridized carbons (Fsp3) is 0.528. The highest BCUT2D eigenvalue weighted by molar-refractivity contribution is 6.32. The summed E-state index contributed by atoms with van der Waals surface area (Å²) in [6.07, 6.45) is 0.145. The minimum absolute atomic E-state index is 0.00853. The molecule has 2 aromatic rings. The van der Waals surface area contributed by atoms with E-state index in [1.54, 1.807) is 33.8 Å². The molecule has 0 amide bonds. The van der Waals surface area contributed by atoms with E-state index in [9.17, 15) is 34.2 Å². The third-order valence-corrected chi connectivity index (χ3v) is 10.9. The Morgan fingerprint density at radius 1 is 1.00 bits per heavy atom. The van der Waals surface area contributed by atoms with Crippen LogP contribution in [-0.4, -0.2) is 51.5 Å². The third kappa shape index (κ3) is 3.98. The lowest BCUT2D eigenvalue weighted by molar-refractivity contribution is -0.205. The zero-order chi connectivity index (χ0) is 33.2. The number of carbonyl (C=O) groups is 5. The number of Topliss-reactive ketones (excluding diaryl/α,β-unsaturated/α-hetero) is 5. The summed E-state index contributed by atoms with van der Waals surface area (Å²) in [5.41, 5.74) is -3.60. The monoisotopic (exact) mass is 616 g/mol. The molecule has 0 radical (unpaired) electrons. The van der Waals surface area contributed by atoms with E-state index < -0.39 is 74.4 Å². The Bertz CT molecular complexity index is 1730. The van der Waals surface area contributed by atoms with Gasteiger partial charge in [0.05, 0.1) is 11.5 Å². The molecule has 3 unspecified atom stereocenters. The summed E-state index contributed by atoms with van der Waals surface area (Å²) in [5.74, 6) is -7.96. The summed E-state index contributed by atoms with van der Waals surface area (Å²) < 4.78 is 11.1. The maximum atomic E-state index is 14.7. The quantitative estimate of drug-likeness (QED) is 0.465. The number of phenols is 1. The first kappa shape index (κ1) is 31.1. The molecule has 2 N–H and O–H groups in total. The maximum Gasteiger partial charge on any atom is 0.231 e. The van der Waals surface area contributed by atoms with Crippen LogP contribution in [0.2, 0.25) is 0 Å². The van der Waals surface area contributed by atoms with Gasteiger partial charge in [0.1, 0.15) is 17.5 Å². The minimum Gasteiger partial charge on any atom is -0.507 e. The van der Waals surface area contributed by atoms with Crippen molar-refractivity contribution < 1.29 is 43.7 Å². The number of ether oxygens (including phenoxy) is 2. The molecule has 9 nitrogen and oxygen atoms in total. The fourth-order valence-corrected chi connectivity index (χ4v) is 9.10. The molecule has 6 atom stereocenters. The van der Waals surface area contributed by atoms with Gasteiger partial charge in [-0.3, -0.25) is 24.0 Å². The smallest absolute Gasteiger partial charge is 0.231 e. The summed E-state index contributed by atoms with van der Waals surface area (Å²) >= 11 is 0. The van der Waals surface area contributed by atoms with Crippen molar-refractivity contribution in [3.8, 4) is 28.4 Å². The van der Waals surface area contributed by atoms with Crippen LogP contribution in [0.4, 0.5) is 0 Å². The molecular weight excluding hydrogens is 576 g/mol. The van der Waals surface area contributed by atoms with Gasteiger partial charge in [0, 0.05) is 16.9 Å². The molecule has 2 saturated carbocycles. The van der Waals surface area contributed by atoms with Crippen LogP contribution in [0.1, 0.15) is 83.3 Å². The van der Waals surface area contributed by atoms with Crippen molar-refractivity contribution in [3.05, 3.63) is 41.0 Å². The van der Waals surface area contributed by atoms with Crippen LogP contribution < -0.4 is 9.47 Å². The Kier molecular flexibility index (Phi) is 6.63. The van der Waals surface area contributed by atoms with E-state index in [0.29, 0.717) is 28.2 Å². The number of benzene rings is 2. The second-order valence-electron chi connectivity index (χ2n) is 15.3. The van der Waals surface area contributed by atoms with Crippen molar-refractivity contribution in [2.24, 2.45) is 34.5 Å². The minimum atomic E-state index is -2.74. The molecule has 0 bridgehead atoms. The first-order chi connectivity index (χ1) is 20.8. The van der Waals surface area contributed by atoms with E-state index in [4.69, 9.17) is 9.47 Å². The number of fused-ring (bicyclic) bond motifs is 4. The molecule has 6 rings (SSSR count). The molecule has 238 valence electrons. The Hall–Kier alpha value is -3.85. The molecule has 0 spiro atoms. The zero-order valence-corrected chi connectivity index (χ0v) is 27.0. The van der Waals surface area contributed by atoms with Crippen LogP contribution in [0.25, 0.3) is 11.1 Å². The molecule has 3 aliphatic carbocycles. The highest BCUT2D eigenvalue weighted by atomic mass is 16.7. The van der Waals surface area contributed by atoms with E-state index >= 15 is 0 Å². The lowest BCUT2D eigenvalue weighted by atomic mass is 9.39. The summed E-state index contributed by atoms with van der Waals surface area (Å²) in [6, 6.07) is 7.33. The van der Waals surface area contributed by atoms with Crippen LogP contribution in [0, 0.1) is 34.5 Å². The lowest BCUT2D eigenvalue weighted by Gasteiger charge is -2.62. The van der Waals surface area contributed by atoms with Crippen molar-refractivity contribution >= 4 is 28.9 Å². The van der Waals surface area contributed by atoms with Gasteiger partial charge in [-0.2, -0.15) is 0 Å². The van der Waals surface area contributed by atoms with E-state index in [-0.39, 0.29) is 30.9 Å². The largest absolute Gasteiger partial charge is 0.507 e. The summed E-state index contributed by atoms with van der Waals surface area (Å²) in [7, 11) is 0. The highest BCUT2D eigenvalue weighted by Crippen LogP contribution is 2.64. The molecule has 2 fully saturated rings. The van der Waals surface area contributed by atoms with E-state index in [1.165, 1.54) is 0 Å². The van der Waals surface area contributed by atoms with Crippen molar-refractivity contribution in [2.45, 2.75) is 79.2 Å². The van der Waals surface area contributed by atoms with Crippen LogP contribution in [0.5, 0.6) is 17.2 Å². The Balaban J connectivity index is 1.61. The molecule has 0 saturated heterocycles. The van der Waals surface area contributed by atoms with Gasteiger partial charge >= 0.3 is 0 Å². The van der Waals surface area contributed by atoms with Crippen molar-refractivity contribution in [2.75, 3.05) is 6.79 Å². The molecule has 2 aromatic carbocycles. The van der Waals surface area contributed by atoms with Crippen LogP contribution in [0.15, 0.2) is 24.3 Å². The van der Waals surface area contributed by atoms with Gasteiger partial charge < -0.3 is 19.7 Å². The number of carbonyl (C=O) groups excluding carboxylic acids is 5. The SMILES string of the molecule is CC(=O)C1C(=O)C(C(C)C)[C@@]2(C)C[C@@]3(C)Cc4c(-c5ccc6c(c5)OCO6)cc(C(C)(C)C)c(O)c4C(=O)C3C(=O)[C@@]2(O)C1=O. The average Bonchev–Trinajstić information content (AvgIpc) is 3.37. The fourth-order valence-electron chi connectivity index (χ4n) is 9.10. The van der Waals surface area contributed by atoms with Crippen molar-refractivity contribution in [1.29, 1.82) is 0 Å². The molecule has 1 heterocycles. The molecule has 45 heavy (non-hydrogen) atoms. The average molecular weight is 617 g/mol. The predicted molar refractivity (Wildman–Crippen MR) is 163 cm³/mol. The third-order valence-electron chi connectivity index (χ3n) is 10.9. The number of hydrogen-bond donors (Lipinski definition) is 2. The Morgan fingerprint density at radius 2 is 1.64 bits per heavy atom. The van der Waals surface area contributed by atoms with Crippen LogP contribution in [0.3, 0.4) is 0 Å². The molecule has 1 aliphatic heterocycles. The number of ketones is 5. The van der Waals surface area contributed by atoms with E-state index in [1.807, 2.05) is 39.0 Å². The molecular formula is C36H40O9. The summed E-state index contributed by atoms with van der Waals surface area (Å²) in [6.45, 7) is 13.8. The van der Waals surface area contributed by atoms with Gasteiger partial charge in [-0.1, -0.05) is 54.5 Å². The van der Waals surface area contributed by atoms with E-state index in [2.05, 4.69) is 0 Å². The zero-order valence-electron chi connectivity index (χ0n) is 27.0. The van der Waals surface area contributed by atoms with E-state index in [0.717, 1.165) is 12.5 Å². The summed E-state index contributed by atoms with van der Waals surface area (Å²) in [5, 5.41) is 24.0. The maximum absolute atomic E-state index is 14.7. The second kappa shape index (κ2) is 9.58. The van der Waals surface area contributed by atoms with Gasteiger partial charge in [0.25, 0.3) is 0 Å². The molecule has 0 aromatic heterocycles. The van der Waals surface area contributed by atoms with Gasteiger partial charge in [-0.05, 0) is 71.4 Å². The number of aliphatic hydroxyl groups is 1. The summed E-state index contributed by atoms with van der Waals surface area (Å²) in [4.78, 5) is 69.7. The van der Waals surface area contributed by atoms with Crippen molar-refractivity contribution in [3.63, 3.8) is 0 Å². The first-order valence-corrected chi connectivity index (χ1v) is 15.5. The standard InChI is InChI=1S/C36H40O9/c1-16(2)26-29(39)24(17(3)37)31(41)36(43)32(42)27-30(40)25-20(13-34(27,7)14-35(26,36)8)19(12-21(28(25)38)33(4,5)6)18-9-10-22-23(11-18)45-15-44-22/h9-12,16,24,26-27,38,43H,13-15H2,1-8H3/t24?,26?,27?,34-,35-,36+/m1/s1. The Morgan fingerprint density at radius 3 is 2.24 bits per heavy atom.